The number of carboxylic acids is 1. The van der Waals surface area contributed by atoms with Gasteiger partial charge in [-0.15, -0.1) is 0 Å². The van der Waals surface area contributed by atoms with Gasteiger partial charge in [0.15, 0.2) is 0 Å². The zero-order chi connectivity index (χ0) is 14.0. The highest BCUT2D eigenvalue weighted by Crippen LogP contribution is 2.34. The van der Waals surface area contributed by atoms with Crippen molar-refractivity contribution in [3.8, 4) is 0 Å². The molecule has 2 rings (SSSR count). The molecule has 0 amide bonds. The standard InChI is InChI=1S/C13H9BrFNO2S/c14-7-1-3-8(4-2-7)19-12-6-10(15)9(13(17)18)5-11(12)16/h1-6H,16H2,(H,17,18). The number of hydrogen-bond donors (Lipinski definition) is 2. The number of nitrogen functional groups attached to an aromatic ring is 1. The Kier molecular flexibility index (Phi) is 4.11. The lowest BCUT2D eigenvalue weighted by Gasteiger charge is -2.07. The average molecular weight is 342 g/mol. The average Bonchev–Trinajstić information content (AvgIpc) is 2.35. The third-order valence-corrected chi connectivity index (χ3v) is 3.98. The third-order valence-electron chi connectivity index (χ3n) is 2.37. The quantitative estimate of drug-likeness (QED) is 0.827. The molecule has 3 nitrogen and oxygen atoms in total. The van der Waals surface area contributed by atoms with Gasteiger partial charge in [0.2, 0.25) is 0 Å². The van der Waals surface area contributed by atoms with Crippen LogP contribution >= 0.6 is 27.7 Å². The Balaban J connectivity index is 2.33. The first-order chi connectivity index (χ1) is 8.97. The molecule has 0 bridgehead atoms. The minimum absolute atomic E-state index is 0.242. The second kappa shape index (κ2) is 5.63. The van der Waals surface area contributed by atoms with Crippen molar-refractivity contribution in [1.29, 1.82) is 0 Å². The van der Waals surface area contributed by atoms with Gasteiger partial charge >= 0.3 is 5.97 Å². The highest BCUT2D eigenvalue weighted by molar-refractivity contribution is 9.10. The van der Waals surface area contributed by atoms with Crippen LogP contribution in [0.2, 0.25) is 0 Å². The molecule has 98 valence electrons. The van der Waals surface area contributed by atoms with Crippen LogP contribution in [0.5, 0.6) is 0 Å². The first kappa shape index (κ1) is 13.9. The molecular weight excluding hydrogens is 333 g/mol. The molecule has 0 saturated heterocycles. The largest absolute Gasteiger partial charge is 0.478 e. The molecule has 0 radical (unpaired) electrons. The maximum absolute atomic E-state index is 13.6. The van der Waals surface area contributed by atoms with E-state index in [1.807, 2.05) is 24.3 Å². The zero-order valence-corrected chi connectivity index (χ0v) is 12.0. The van der Waals surface area contributed by atoms with Gasteiger partial charge in [-0.05, 0) is 36.4 Å². The van der Waals surface area contributed by atoms with Crippen LogP contribution < -0.4 is 5.73 Å². The fourth-order valence-corrected chi connectivity index (χ4v) is 2.58. The second-order valence-electron chi connectivity index (χ2n) is 3.73. The Morgan fingerprint density at radius 3 is 2.47 bits per heavy atom. The summed E-state index contributed by atoms with van der Waals surface area (Å²) >= 11 is 4.60. The predicted molar refractivity (Wildman–Crippen MR) is 76.0 cm³/mol. The van der Waals surface area contributed by atoms with Gasteiger partial charge in [0.05, 0.1) is 5.56 Å². The molecule has 0 heterocycles. The normalized spacial score (nSPS) is 10.4. The summed E-state index contributed by atoms with van der Waals surface area (Å²) in [6, 6.07) is 9.72. The first-order valence-corrected chi connectivity index (χ1v) is 6.84. The monoisotopic (exact) mass is 341 g/mol. The summed E-state index contributed by atoms with van der Waals surface area (Å²) in [6.07, 6.45) is 0. The Morgan fingerprint density at radius 2 is 1.89 bits per heavy atom. The SMILES string of the molecule is Nc1cc(C(=O)O)c(F)cc1Sc1ccc(Br)cc1. The predicted octanol–water partition coefficient (Wildman–Crippen LogP) is 4.02. The molecule has 0 spiro atoms. The van der Waals surface area contributed by atoms with Gasteiger partial charge in [-0.2, -0.15) is 0 Å². The summed E-state index contributed by atoms with van der Waals surface area (Å²) in [5.41, 5.74) is 5.57. The number of anilines is 1. The van der Waals surface area contributed by atoms with Crippen LogP contribution in [0, 0.1) is 5.82 Å². The van der Waals surface area contributed by atoms with E-state index in [2.05, 4.69) is 15.9 Å². The number of nitrogens with two attached hydrogens (primary N) is 1. The molecule has 0 aromatic heterocycles. The van der Waals surface area contributed by atoms with Crippen molar-refractivity contribution >= 4 is 39.3 Å². The fraction of sp³-hybridized carbons (Fsp3) is 0. The Labute approximate surface area is 121 Å². The lowest BCUT2D eigenvalue weighted by molar-refractivity contribution is 0.0692. The molecule has 0 fully saturated rings. The number of carboxylic acid groups (broad SMARTS) is 1. The number of rotatable bonds is 3. The van der Waals surface area contributed by atoms with Crippen LogP contribution in [0.15, 0.2) is 50.7 Å². The molecule has 0 aliphatic carbocycles. The molecule has 6 heteroatoms. The highest BCUT2D eigenvalue weighted by Gasteiger charge is 2.14. The maximum atomic E-state index is 13.6. The van der Waals surface area contributed by atoms with E-state index in [1.54, 1.807) is 0 Å². The summed E-state index contributed by atoms with van der Waals surface area (Å²) in [5, 5.41) is 8.79. The molecule has 0 aliphatic heterocycles. The molecule has 0 unspecified atom stereocenters. The number of hydrogen-bond acceptors (Lipinski definition) is 3. The van der Waals surface area contributed by atoms with Crippen LogP contribution in [0.25, 0.3) is 0 Å². The molecule has 0 atom stereocenters. The minimum atomic E-state index is -1.33. The van der Waals surface area contributed by atoms with Crippen LogP contribution in [-0.4, -0.2) is 11.1 Å². The molecule has 0 aliphatic rings. The fourth-order valence-electron chi connectivity index (χ4n) is 1.45. The second-order valence-corrected chi connectivity index (χ2v) is 5.76. The molecule has 19 heavy (non-hydrogen) atoms. The van der Waals surface area contributed by atoms with Crippen LogP contribution in [0.3, 0.4) is 0 Å². The van der Waals surface area contributed by atoms with Gasteiger partial charge in [-0.25, -0.2) is 9.18 Å². The summed E-state index contributed by atoms with van der Waals surface area (Å²) < 4.78 is 14.5. The summed E-state index contributed by atoms with van der Waals surface area (Å²) in [5.74, 6) is -2.12. The third kappa shape index (κ3) is 3.27. The first-order valence-electron chi connectivity index (χ1n) is 5.23. The topological polar surface area (TPSA) is 63.3 Å². The summed E-state index contributed by atoms with van der Waals surface area (Å²) in [6.45, 7) is 0. The molecular formula is C13H9BrFNO2S. The van der Waals surface area contributed by atoms with Gasteiger partial charge in [-0.3, -0.25) is 0 Å². The van der Waals surface area contributed by atoms with Gasteiger partial charge in [0.1, 0.15) is 5.82 Å². The van der Waals surface area contributed by atoms with Gasteiger partial charge < -0.3 is 10.8 Å². The van der Waals surface area contributed by atoms with Crippen LogP contribution in [0.1, 0.15) is 10.4 Å². The Morgan fingerprint density at radius 1 is 1.26 bits per heavy atom. The number of benzene rings is 2. The van der Waals surface area contributed by atoms with Gasteiger partial charge in [0.25, 0.3) is 0 Å². The lowest BCUT2D eigenvalue weighted by atomic mass is 10.2. The lowest BCUT2D eigenvalue weighted by Crippen LogP contribution is -2.03. The number of carbonyl (C=O) groups is 1. The zero-order valence-electron chi connectivity index (χ0n) is 9.56. The van der Waals surface area contributed by atoms with E-state index >= 15 is 0 Å². The van der Waals surface area contributed by atoms with Crippen molar-refractivity contribution in [1.82, 2.24) is 0 Å². The van der Waals surface area contributed by atoms with Crippen molar-refractivity contribution in [2.45, 2.75) is 9.79 Å². The smallest absolute Gasteiger partial charge is 0.338 e. The van der Waals surface area contributed by atoms with Crippen LogP contribution in [0.4, 0.5) is 10.1 Å². The number of aromatic carboxylic acids is 1. The van der Waals surface area contributed by atoms with Crippen LogP contribution in [-0.2, 0) is 0 Å². The number of halogens is 2. The van der Waals surface area contributed by atoms with Crippen molar-refractivity contribution in [3.05, 3.63) is 52.3 Å². The van der Waals surface area contributed by atoms with E-state index in [0.29, 0.717) is 4.90 Å². The summed E-state index contributed by atoms with van der Waals surface area (Å²) in [4.78, 5) is 12.2. The highest BCUT2D eigenvalue weighted by atomic mass is 79.9. The summed E-state index contributed by atoms with van der Waals surface area (Å²) in [7, 11) is 0. The minimum Gasteiger partial charge on any atom is -0.478 e. The van der Waals surface area contributed by atoms with E-state index in [9.17, 15) is 9.18 Å². The van der Waals surface area contributed by atoms with E-state index in [-0.39, 0.29) is 5.69 Å². The molecule has 3 N–H and O–H groups in total. The van der Waals surface area contributed by atoms with Crippen molar-refractivity contribution < 1.29 is 14.3 Å². The maximum Gasteiger partial charge on any atom is 0.338 e. The van der Waals surface area contributed by atoms with Crippen molar-refractivity contribution in [2.75, 3.05) is 5.73 Å². The van der Waals surface area contributed by atoms with Gasteiger partial charge in [-0.1, -0.05) is 27.7 Å². The molecule has 2 aromatic rings. The molecule has 0 saturated carbocycles. The van der Waals surface area contributed by atoms with E-state index < -0.39 is 17.3 Å². The van der Waals surface area contributed by atoms with Crippen molar-refractivity contribution in [3.63, 3.8) is 0 Å². The Hall–Kier alpha value is -1.53. The Bertz CT molecular complexity index is 631. The molecule has 2 aromatic carbocycles. The van der Waals surface area contributed by atoms with E-state index in [1.165, 1.54) is 11.8 Å². The van der Waals surface area contributed by atoms with Crippen molar-refractivity contribution in [2.24, 2.45) is 0 Å². The van der Waals surface area contributed by atoms with E-state index in [4.69, 9.17) is 10.8 Å². The van der Waals surface area contributed by atoms with E-state index in [0.717, 1.165) is 21.5 Å². The van der Waals surface area contributed by atoms with Gasteiger partial charge in [0, 0.05) is 20.0 Å².